The van der Waals surface area contributed by atoms with Crippen molar-refractivity contribution in [1.82, 2.24) is 5.32 Å². The first-order chi connectivity index (χ1) is 9.61. The molecule has 0 bridgehead atoms. The van der Waals surface area contributed by atoms with Crippen LogP contribution in [0, 0.1) is 0 Å². The number of ketones is 1. The van der Waals surface area contributed by atoms with Crippen LogP contribution in [0.25, 0.3) is 0 Å². The van der Waals surface area contributed by atoms with Crippen molar-refractivity contribution in [2.75, 3.05) is 25.0 Å². The number of rotatable bonds is 6. The van der Waals surface area contributed by atoms with Crippen LogP contribution in [-0.2, 0) is 4.79 Å². The smallest absolute Gasteiger partial charge is 0.317 e. The highest BCUT2D eigenvalue weighted by Crippen LogP contribution is 2.28. The normalized spacial score (nSPS) is 14.7. The summed E-state index contributed by atoms with van der Waals surface area (Å²) in [7, 11) is 0. The molecule has 1 aromatic carbocycles. The lowest BCUT2D eigenvalue weighted by atomic mass is 10.0. The number of benzene rings is 1. The number of hydrogen-bond donors (Lipinski definition) is 3. The average molecular weight is 278 g/mol. The van der Waals surface area contributed by atoms with Gasteiger partial charge in [0, 0.05) is 12.1 Å². The lowest BCUT2D eigenvalue weighted by molar-refractivity contribution is -0.136. The number of anilines is 1. The van der Waals surface area contributed by atoms with Gasteiger partial charge >= 0.3 is 5.97 Å². The van der Waals surface area contributed by atoms with E-state index in [1.54, 1.807) is 18.2 Å². The van der Waals surface area contributed by atoms with E-state index in [9.17, 15) is 9.59 Å². The van der Waals surface area contributed by atoms with Crippen LogP contribution < -0.4 is 15.4 Å². The minimum Gasteiger partial charge on any atom is -0.490 e. The van der Waals surface area contributed by atoms with Crippen LogP contribution in [0.15, 0.2) is 18.2 Å². The SMILES string of the molecule is CCC(NCC(=O)O)C(=O)c1ccc2c(c1)NCCO2. The zero-order valence-corrected chi connectivity index (χ0v) is 11.3. The summed E-state index contributed by atoms with van der Waals surface area (Å²) in [6, 6.07) is 4.73. The van der Waals surface area contributed by atoms with Crippen molar-refractivity contribution in [3.63, 3.8) is 0 Å². The predicted octanol–water partition coefficient (Wildman–Crippen LogP) is 1.13. The van der Waals surface area contributed by atoms with Crippen molar-refractivity contribution in [1.29, 1.82) is 0 Å². The number of Topliss-reactive ketones (excluding diaryl/α,β-unsaturated/α-hetero) is 1. The molecule has 0 spiro atoms. The molecule has 1 atom stereocenters. The minimum absolute atomic E-state index is 0.107. The number of carboxylic acids is 1. The topological polar surface area (TPSA) is 87.7 Å². The number of carboxylic acid groups (broad SMARTS) is 1. The molecule has 0 saturated carbocycles. The van der Waals surface area contributed by atoms with Crippen molar-refractivity contribution in [2.45, 2.75) is 19.4 Å². The lowest BCUT2D eigenvalue weighted by Crippen LogP contribution is -2.39. The van der Waals surface area contributed by atoms with Gasteiger partial charge in [0.2, 0.25) is 0 Å². The first-order valence-corrected chi connectivity index (χ1v) is 6.62. The van der Waals surface area contributed by atoms with Crippen molar-refractivity contribution < 1.29 is 19.4 Å². The Kier molecular flexibility index (Phi) is 4.57. The van der Waals surface area contributed by atoms with Gasteiger partial charge in [-0.1, -0.05) is 6.92 Å². The van der Waals surface area contributed by atoms with E-state index in [1.807, 2.05) is 6.92 Å². The Morgan fingerprint density at radius 2 is 2.30 bits per heavy atom. The van der Waals surface area contributed by atoms with Crippen LogP contribution in [0.3, 0.4) is 0 Å². The second-order valence-corrected chi connectivity index (χ2v) is 4.59. The van der Waals surface area contributed by atoms with Gasteiger partial charge in [-0.15, -0.1) is 0 Å². The monoisotopic (exact) mass is 278 g/mol. The molecule has 2 rings (SSSR count). The zero-order valence-electron chi connectivity index (χ0n) is 11.3. The molecule has 0 fully saturated rings. The fourth-order valence-corrected chi connectivity index (χ4v) is 2.13. The molecular formula is C14H18N2O4. The van der Waals surface area contributed by atoms with Crippen molar-refractivity contribution >= 4 is 17.4 Å². The Bertz CT molecular complexity index is 516. The van der Waals surface area contributed by atoms with Crippen LogP contribution in [0.2, 0.25) is 0 Å². The Hall–Kier alpha value is -2.08. The summed E-state index contributed by atoms with van der Waals surface area (Å²) < 4.78 is 5.46. The fraction of sp³-hybridized carbons (Fsp3) is 0.429. The summed E-state index contributed by atoms with van der Waals surface area (Å²) in [6.07, 6.45) is 0.535. The third-order valence-electron chi connectivity index (χ3n) is 3.16. The first-order valence-electron chi connectivity index (χ1n) is 6.62. The Labute approximate surface area is 117 Å². The highest BCUT2D eigenvalue weighted by atomic mass is 16.5. The maximum absolute atomic E-state index is 12.4. The maximum atomic E-state index is 12.4. The zero-order chi connectivity index (χ0) is 14.5. The van der Waals surface area contributed by atoms with E-state index in [4.69, 9.17) is 9.84 Å². The van der Waals surface area contributed by atoms with Gasteiger partial charge < -0.3 is 15.2 Å². The standard InChI is InChI=1S/C14H18N2O4/c1-2-10(16-8-13(17)18)14(19)9-3-4-12-11(7-9)15-5-6-20-12/h3-4,7,10,15-16H,2,5-6,8H2,1H3,(H,17,18). The molecule has 0 radical (unpaired) electrons. The summed E-state index contributed by atoms with van der Waals surface area (Å²) >= 11 is 0. The molecule has 6 nitrogen and oxygen atoms in total. The van der Waals surface area contributed by atoms with Crippen LogP contribution >= 0.6 is 0 Å². The van der Waals surface area contributed by atoms with Gasteiger partial charge in [-0.2, -0.15) is 0 Å². The van der Waals surface area contributed by atoms with E-state index in [1.165, 1.54) is 0 Å². The second kappa shape index (κ2) is 6.38. The van der Waals surface area contributed by atoms with E-state index >= 15 is 0 Å². The third-order valence-corrected chi connectivity index (χ3v) is 3.16. The molecule has 1 aromatic rings. The van der Waals surface area contributed by atoms with Crippen molar-refractivity contribution in [3.05, 3.63) is 23.8 Å². The molecular weight excluding hydrogens is 260 g/mol. The highest BCUT2D eigenvalue weighted by molar-refractivity contribution is 6.01. The molecule has 1 aliphatic heterocycles. The van der Waals surface area contributed by atoms with Gasteiger partial charge in [0.05, 0.1) is 18.3 Å². The summed E-state index contributed by atoms with van der Waals surface area (Å²) in [5.41, 5.74) is 1.35. The number of fused-ring (bicyclic) bond motifs is 1. The van der Waals surface area contributed by atoms with E-state index in [2.05, 4.69) is 10.6 Å². The second-order valence-electron chi connectivity index (χ2n) is 4.59. The number of nitrogens with one attached hydrogen (secondary N) is 2. The molecule has 3 N–H and O–H groups in total. The number of carbonyl (C=O) groups excluding carboxylic acids is 1. The highest BCUT2D eigenvalue weighted by Gasteiger charge is 2.20. The van der Waals surface area contributed by atoms with Crippen LogP contribution in [0.1, 0.15) is 23.7 Å². The first kappa shape index (κ1) is 14.3. The van der Waals surface area contributed by atoms with E-state index in [0.29, 0.717) is 25.1 Å². The molecule has 1 aliphatic rings. The lowest BCUT2D eigenvalue weighted by Gasteiger charge is -2.20. The minimum atomic E-state index is -0.975. The van der Waals surface area contributed by atoms with Crippen molar-refractivity contribution in [3.8, 4) is 5.75 Å². The van der Waals surface area contributed by atoms with Gasteiger partial charge in [-0.05, 0) is 24.6 Å². The number of carbonyl (C=O) groups is 2. The number of ether oxygens (including phenoxy) is 1. The molecule has 0 amide bonds. The van der Waals surface area contributed by atoms with E-state index < -0.39 is 12.0 Å². The van der Waals surface area contributed by atoms with E-state index in [0.717, 1.165) is 11.4 Å². The fourth-order valence-electron chi connectivity index (χ4n) is 2.13. The predicted molar refractivity (Wildman–Crippen MR) is 74.5 cm³/mol. The molecule has 1 unspecified atom stereocenters. The number of hydrogen-bond acceptors (Lipinski definition) is 5. The number of aliphatic carboxylic acids is 1. The third kappa shape index (κ3) is 3.27. The molecule has 6 heteroatoms. The van der Waals surface area contributed by atoms with Crippen LogP contribution in [-0.4, -0.2) is 42.6 Å². The maximum Gasteiger partial charge on any atom is 0.317 e. The molecule has 20 heavy (non-hydrogen) atoms. The quantitative estimate of drug-likeness (QED) is 0.676. The summed E-state index contributed by atoms with van der Waals surface area (Å²) in [5, 5.41) is 14.6. The summed E-state index contributed by atoms with van der Waals surface area (Å²) in [5.74, 6) is -0.347. The summed E-state index contributed by atoms with van der Waals surface area (Å²) in [4.78, 5) is 22.9. The van der Waals surface area contributed by atoms with Gasteiger partial charge in [0.25, 0.3) is 0 Å². The Morgan fingerprint density at radius 1 is 1.50 bits per heavy atom. The van der Waals surface area contributed by atoms with Crippen LogP contribution in [0.5, 0.6) is 5.75 Å². The molecule has 0 aromatic heterocycles. The molecule has 108 valence electrons. The molecule has 0 aliphatic carbocycles. The average Bonchev–Trinajstić information content (AvgIpc) is 2.47. The van der Waals surface area contributed by atoms with Crippen molar-refractivity contribution in [2.24, 2.45) is 0 Å². The van der Waals surface area contributed by atoms with Gasteiger partial charge in [-0.25, -0.2) is 0 Å². The molecule has 1 heterocycles. The molecule has 0 saturated heterocycles. The summed E-state index contributed by atoms with van der Waals surface area (Å²) in [6.45, 7) is 2.94. The Morgan fingerprint density at radius 3 is 3.00 bits per heavy atom. The van der Waals surface area contributed by atoms with E-state index in [-0.39, 0.29) is 12.3 Å². The van der Waals surface area contributed by atoms with Gasteiger partial charge in [0.15, 0.2) is 5.78 Å². The Balaban J connectivity index is 2.12. The van der Waals surface area contributed by atoms with Gasteiger partial charge in [-0.3, -0.25) is 14.9 Å². The van der Waals surface area contributed by atoms with Crippen LogP contribution in [0.4, 0.5) is 5.69 Å². The largest absolute Gasteiger partial charge is 0.490 e. The van der Waals surface area contributed by atoms with Gasteiger partial charge in [0.1, 0.15) is 12.4 Å².